The van der Waals surface area contributed by atoms with E-state index in [2.05, 4.69) is 16.0 Å². The maximum absolute atomic E-state index is 11.9. The lowest BCUT2D eigenvalue weighted by molar-refractivity contribution is -0.123. The molecule has 1 aromatic carbocycles. The molecule has 1 rings (SSSR count). The van der Waals surface area contributed by atoms with Crippen molar-refractivity contribution in [1.82, 2.24) is 10.6 Å². The molecule has 0 saturated heterocycles. The molecule has 0 saturated carbocycles. The van der Waals surface area contributed by atoms with Crippen molar-refractivity contribution in [3.05, 3.63) is 30.3 Å². The summed E-state index contributed by atoms with van der Waals surface area (Å²) in [6, 6.07) is 9.70. The highest BCUT2D eigenvalue weighted by molar-refractivity contribution is 5.93. The minimum Gasteiger partial charge on any atom is -0.341 e. The fraction of sp³-hybridized carbons (Fsp3) is 0.400. The lowest BCUT2D eigenvalue weighted by Gasteiger charge is -2.19. The number of urea groups is 1. The van der Waals surface area contributed by atoms with E-state index in [1.165, 1.54) is 0 Å². The molecule has 0 spiro atoms. The van der Waals surface area contributed by atoms with Crippen molar-refractivity contribution in [2.24, 2.45) is 5.92 Å². The topological polar surface area (TPSA) is 94.0 Å². The van der Waals surface area contributed by atoms with Crippen LogP contribution in [0.1, 0.15) is 20.3 Å². The highest BCUT2D eigenvalue weighted by Gasteiger charge is 2.21. The first-order valence-electron chi connectivity index (χ1n) is 6.80. The molecule has 0 aromatic heterocycles. The van der Waals surface area contributed by atoms with Gasteiger partial charge in [0.15, 0.2) is 0 Å². The van der Waals surface area contributed by atoms with Gasteiger partial charge in [0.25, 0.3) is 0 Å². The van der Waals surface area contributed by atoms with E-state index in [-0.39, 0.29) is 18.4 Å². The van der Waals surface area contributed by atoms with Gasteiger partial charge in [-0.2, -0.15) is 5.26 Å². The standard InChI is InChI=1S/C15H20N4O2/c1-11(2)10-13(14(20)17-9-8-16)19-15(21)18-12-6-4-3-5-7-12/h3-7,11,13H,9-10H2,1-2H3,(H,17,20)(H2,18,19,21)/t13-/m0/s1. The second-order valence-corrected chi connectivity index (χ2v) is 5.02. The van der Waals surface area contributed by atoms with Crippen LogP contribution in [-0.4, -0.2) is 24.5 Å². The second-order valence-electron chi connectivity index (χ2n) is 5.02. The number of rotatable bonds is 6. The number of amides is 3. The number of hydrogen-bond donors (Lipinski definition) is 3. The minimum absolute atomic E-state index is 0.0740. The third-order valence-electron chi connectivity index (χ3n) is 2.70. The Morgan fingerprint density at radius 1 is 1.24 bits per heavy atom. The largest absolute Gasteiger partial charge is 0.341 e. The van der Waals surface area contributed by atoms with Crippen LogP contribution in [-0.2, 0) is 4.79 Å². The Labute approximate surface area is 124 Å². The molecular formula is C15H20N4O2. The number of hydrogen-bond acceptors (Lipinski definition) is 3. The van der Waals surface area contributed by atoms with Crippen molar-refractivity contribution in [2.45, 2.75) is 26.3 Å². The summed E-state index contributed by atoms with van der Waals surface area (Å²) in [5.74, 6) is -0.117. The van der Waals surface area contributed by atoms with E-state index < -0.39 is 12.1 Å². The molecule has 0 fully saturated rings. The zero-order valence-corrected chi connectivity index (χ0v) is 12.2. The van der Waals surface area contributed by atoms with Crippen LogP contribution in [0.5, 0.6) is 0 Å². The SMILES string of the molecule is CC(C)C[C@H](NC(=O)Nc1ccccc1)C(=O)NCC#N. The molecule has 0 unspecified atom stereocenters. The number of nitrogens with zero attached hydrogens (tertiary/aromatic N) is 1. The monoisotopic (exact) mass is 288 g/mol. The predicted octanol–water partition coefficient (Wildman–Crippen LogP) is 1.86. The van der Waals surface area contributed by atoms with Gasteiger partial charge in [0, 0.05) is 5.69 Å². The number of anilines is 1. The fourth-order valence-electron chi connectivity index (χ4n) is 1.80. The maximum atomic E-state index is 11.9. The van der Waals surface area contributed by atoms with E-state index in [9.17, 15) is 9.59 Å². The Morgan fingerprint density at radius 3 is 2.48 bits per heavy atom. The summed E-state index contributed by atoms with van der Waals surface area (Å²) in [7, 11) is 0. The van der Waals surface area contributed by atoms with Crippen molar-refractivity contribution in [1.29, 1.82) is 5.26 Å². The van der Waals surface area contributed by atoms with Gasteiger partial charge in [0.1, 0.15) is 12.6 Å². The van der Waals surface area contributed by atoms with Crippen molar-refractivity contribution >= 4 is 17.6 Å². The number of carbonyl (C=O) groups excluding carboxylic acids is 2. The molecule has 0 bridgehead atoms. The summed E-state index contributed by atoms with van der Waals surface area (Å²) >= 11 is 0. The highest BCUT2D eigenvalue weighted by Crippen LogP contribution is 2.07. The van der Waals surface area contributed by atoms with Crippen molar-refractivity contribution in [3.63, 3.8) is 0 Å². The van der Waals surface area contributed by atoms with Gasteiger partial charge in [-0.15, -0.1) is 0 Å². The normalized spacial score (nSPS) is 11.3. The first kappa shape index (κ1) is 16.5. The Bertz CT molecular complexity index is 508. The molecule has 6 nitrogen and oxygen atoms in total. The first-order valence-corrected chi connectivity index (χ1v) is 6.80. The summed E-state index contributed by atoms with van der Waals surface area (Å²) < 4.78 is 0. The zero-order chi connectivity index (χ0) is 15.7. The van der Waals surface area contributed by atoms with Crippen LogP contribution in [0.15, 0.2) is 30.3 Å². The lowest BCUT2D eigenvalue weighted by Crippen LogP contribution is -2.48. The molecule has 0 aliphatic heterocycles. The molecule has 1 atom stereocenters. The van der Waals surface area contributed by atoms with E-state index in [0.29, 0.717) is 12.1 Å². The van der Waals surface area contributed by atoms with E-state index in [0.717, 1.165) is 0 Å². The molecule has 6 heteroatoms. The van der Waals surface area contributed by atoms with Crippen LogP contribution in [0.25, 0.3) is 0 Å². The fourth-order valence-corrected chi connectivity index (χ4v) is 1.80. The molecule has 112 valence electrons. The van der Waals surface area contributed by atoms with Crippen molar-refractivity contribution < 1.29 is 9.59 Å². The van der Waals surface area contributed by atoms with Gasteiger partial charge in [-0.3, -0.25) is 4.79 Å². The van der Waals surface area contributed by atoms with Crippen LogP contribution in [0.4, 0.5) is 10.5 Å². The zero-order valence-electron chi connectivity index (χ0n) is 12.2. The van der Waals surface area contributed by atoms with Crippen LogP contribution in [0.3, 0.4) is 0 Å². The average molecular weight is 288 g/mol. The van der Waals surface area contributed by atoms with Crippen LogP contribution in [0, 0.1) is 17.2 Å². The van der Waals surface area contributed by atoms with Gasteiger partial charge in [-0.25, -0.2) is 4.79 Å². The van der Waals surface area contributed by atoms with Gasteiger partial charge >= 0.3 is 6.03 Å². The maximum Gasteiger partial charge on any atom is 0.319 e. The Balaban J connectivity index is 2.61. The van der Waals surface area contributed by atoms with Crippen molar-refractivity contribution in [2.75, 3.05) is 11.9 Å². The third kappa shape index (κ3) is 6.43. The number of carbonyl (C=O) groups is 2. The van der Waals surface area contributed by atoms with Gasteiger partial charge in [-0.05, 0) is 24.5 Å². The summed E-state index contributed by atoms with van der Waals surface area (Å²) in [5.41, 5.74) is 0.649. The molecule has 3 N–H and O–H groups in total. The summed E-state index contributed by atoms with van der Waals surface area (Å²) in [6.07, 6.45) is 0.499. The lowest BCUT2D eigenvalue weighted by atomic mass is 10.0. The van der Waals surface area contributed by atoms with E-state index in [4.69, 9.17) is 5.26 Å². The minimum atomic E-state index is -0.665. The van der Waals surface area contributed by atoms with Gasteiger partial charge in [0.2, 0.25) is 5.91 Å². The number of benzene rings is 1. The number of nitriles is 1. The molecule has 0 heterocycles. The molecular weight excluding hydrogens is 268 g/mol. The smallest absolute Gasteiger partial charge is 0.319 e. The average Bonchev–Trinajstić information content (AvgIpc) is 2.44. The Kier molecular flexibility index (Phi) is 6.75. The van der Waals surface area contributed by atoms with Crippen LogP contribution < -0.4 is 16.0 Å². The second kappa shape index (κ2) is 8.59. The van der Waals surface area contributed by atoms with Crippen LogP contribution in [0.2, 0.25) is 0 Å². The van der Waals surface area contributed by atoms with Gasteiger partial charge in [0.05, 0.1) is 6.07 Å². The number of nitrogens with one attached hydrogen (secondary N) is 3. The molecule has 1 aromatic rings. The van der Waals surface area contributed by atoms with E-state index in [1.54, 1.807) is 24.3 Å². The number of para-hydroxylation sites is 1. The Hall–Kier alpha value is -2.55. The van der Waals surface area contributed by atoms with Gasteiger partial charge in [-0.1, -0.05) is 32.0 Å². The molecule has 0 aliphatic carbocycles. The predicted molar refractivity (Wildman–Crippen MR) is 80.5 cm³/mol. The summed E-state index contributed by atoms with van der Waals surface area (Å²) in [4.78, 5) is 23.8. The van der Waals surface area contributed by atoms with E-state index >= 15 is 0 Å². The highest BCUT2D eigenvalue weighted by atomic mass is 16.2. The van der Waals surface area contributed by atoms with Crippen molar-refractivity contribution in [3.8, 4) is 6.07 Å². The molecule has 3 amide bonds. The van der Waals surface area contributed by atoms with Gasteiger partial charge < -0.3 is 16.0 Å². The first-order chi connectivity index (χ1) is 10.0. The van der Waals surface area contributed by atoms with Crippen LogP contribution >= 0.6 is 0 Å². The summed E-state index contributed by atoms with van der Waals surface area (Å²) in [5, 5.41) is 16.3. The third-order valence-corrected chi connectivity index (χ3v) is 2.70. The Morgan fingerprint density at radius 2 is 1.90 bits per heavy atom. The molecule has 0 radical (unpaired) electrons. The molecule has 0 aliphatic rings. The quantitative estimate of drug-likeness (QED) is 0.697. The summed E-state index contributed by atoms with van der Waals surface area (Å²) in [6.45, 7) is 3.85. The molecule has 21 heavy (non-hydrogen) atoms. The van der Waals surface area contributed by atoms with E-state index in [1.807, 2.05) is 26.0 Å².